The monoisotopic (exact) mass is 374 g/mol. The molecule has 1 aromatic heterocycles. The van der Waals surface area contributed by atoms with Crippen LogP contribution in [0.1, 0.15) is 38.2 Å². The van der Waals surface area contributed by atoms with Crippen LogP contribution in [0.15, 0.2) is 29.3 Å². The van der Waals surface area contributed by atoms with Gasteiger partial charge in [-0.3, -0.25) is 9.55 Å². The Morgan fingerprint density at radius 3 is 2.69 bits per heavy atom. The number of halogens is 1. The second-order valence-electron chi connectivity index (χ2n) is 6.23. The Labute approximate surface area is 156 Å². The van der Waals surface area contributed by atoms with Crippen molar-refractivity contribution < 1.29 is 5.11 Å². The van der Waals surface area contributed by atoms with Crippen molar-refractivity contribution in [3.05, 3.63) is 45.9 Å². The van der Waals surface area contributed by atoms with Crippen molar-refractivity contribution >= 4 is 11.6 Å². The molecule has 1 aromatic rings. The van der Waals surface area contributed by atoms with Gasteiger partial charge in [-0.1, -0.05) is 25.8 Å². The first-order chi connectivity index (χ1) is 12.6. The summed E-state index contributed by atoms with van der Waals surface area (Å²) in [6, 6.07) is 3.85. The summed E-state index contributed by atoms with van der Waals surface area (Å²) >= 11 is 5.88. The molecule has 2 aliphatic rings. The predicted octanol–water partition coefficient (Wildman–Crippen LogP) is 2.49. The summed E-state index contributed by atoms with van der Waals surface area (Å²) in [5.74, 6) is -0.146. The fourth-order valence-electron chi connectivity index (χ4n) is 3.00. The van der Waals surface area contributed by atoms with E-state index in [2.05, 4.69) is 21.9 Å². The second-order valence-corrected chi connectivity index (χ2v) is 6.57. The summed E-state index contributed by atoms with van der Waals surface area (Å²) in [5.41, 5.74) is 0.884. The number of nitrogens with zero attached hydrogens (tertiary/aromatic N) is 5. The summed E-state index contributed by atoms with van der Waals surface area (Å²) < 4.78 is 2.77. The van der Waals surface area contributed by atoms with Crippen molar-refractivity contribution in [2.75, 3.05) is 0 Å². The van der Waals surface area contributed by atoms with Crippen LogP contribution >= 0.6 is 11.6 Å². The molecule has 0 saturated heterocycles. The molecule has 0 N–H and O–H groups in total. The lowest BCUT2D eigenvalue weighted by molar-refractivity contribution is -0.279. The van der Waals surface area contributed by atoms with Crippen LogP contribution in [-0.2, 0) is 19.5 Å². The van der Waals surface area contributed by atoms with Crippen molar-refractivity contribution in [3.63, 3.8) is 0 Å². The molecule has 0 aromatic carbocycles. The largest absolute Gasteiger partial charge is 0.858 e. The van der Waals surface area contributed by atoms with Crippen LogP contribution in [0.25, 0.3) is 11.5 Å². The summed E-state index contributed by atoms with van der Waals surface area (Å²) in [7, 11) is 0. The van der Waals surface area contributed by atoms with E-state index in [9.17, 15) is 9.90 Å². The summed E-state index contributed by atoms with van der Waals surface area (Å²) in [5, 5.41) is 12.7. The number of unbranched alkanes of at least 4 members (excludes halogenated alkanes) is 2. The zero-order valence-corrected chi connectivity index (χ0v) is 15.4. The number of fused-ring (bicyclic) bond motifs is 1. The Morgan fingerprint density at radius 1 is 1.15 bits per heavy atom. The van der Waals surface area contributed by atoms with Gasteiger partial charge >= 0.3 is 5.69 Å². The molecule has 0 aliphatic carbocycles. The minimum Gasteiger partial charge on any atom is -0.858 e. The van der Waals surface area contributed by atoms with Crippen molar-refractivity contribution in [1.29, 1.82) is 0 Å². The van der Waals surface area contributed by atoms with Gasteiger partial charge in [0.25, 0.3) is 0 Å². The van der Waals surface area contributed by atoms with Gasteiger partial charge in [0, 0.05) is 25.5 Å². The van der Waals surface area contributed by atoms with Crippen LogP contribution in [0.5, 0.6) is 5.88 Å². The topological polar surface area (TPSA) is 88.7 Å². The number of aryl methyl sites for hydroxylation is 1. The highest BCUT2D eigenvalue weighted by Gasteiger charge is 2.20. The molecule has 2 aliphatic heterocycles. The molecule has 138 valence electrons. The van der Waals surface area contributed by atoms with Gasteiger partial charge in [0.15, 0.2) is 5.82 Å². The van der Waals surface area contributed by atoms with E-state index < -0.39 is 5.88 Å². The Morgan fingerprint density at radius 2 is 1.96 bits per heavy atom. The quantitative estimate of drug-likeness (QED) is 0.446. The second kappa shape index (κ2) is 8.31. The Kier molecular flexibility index (Phi) is 5.88. The van der Waals surface area contributed by atoms with Crippen molar-refractivity contribution in [1.82, 2.24) is 24.1 Å². The Hall–Kier alpha value is -2.41. The van der Waals surface area contributed by atoms with E-state index in [1.165, 1.54) is 9.13 Å². The average Bonchev–Trinajstić information content (AvgIpc) is 3.03. The molecule has 8 heteroatoms. The fourth-order valence-corrected chi connectivity index (χ4v) is 3.16. The normalized spacial score (nSPS) is 11.3. The lowest BCUT2D eigenvalue weighted by atomic mass is 10.1. The number of pyridine rings is 1. The van der Waals surface area contributed by atoms with Gasteiger partial charge < -0.3 is 9.67 Å². The van der Waals surface area contributed by atoms with Crippen LogP contribution < -0.4 is 10.8 Å². The van der Waals surface area contributed by atoms with E-state index in [4.69, 9.17) is 11.6 Å². The molecule has 26 heavy (non-hydrogen) atoms. The third-order valence-electron chi connectivity index (χ3n) is 4.33. The van der Waals surface area contributed by atoms with Crippen molar-refractivity contribution in [2.45, 2.75) is 52.1 Å². The van der Waals surface area contributed by atoms with E-state index in [0.717, 1.165) is 31.2 Å². The van der Waals surface area contributed by atoms with Gasteiger partial charge in [0.05, 0.1) is 0 Å². The van der Waals surface area contributed by atoms with E-state index >= 15 is 0 Å². The van der Waals surface area contributed by atoms with Crippen LogP contribution in [0.2, 0.25) is 5.28 Å². The van der Waals surface area contributed by atoms with Gasteiger partial charge in [-0.15, -0.1) is 0 Å². The minimum atomic E-state index is -0.428. The third kappa shape index (κ3) is 3.88. The molecule has 0 amide bonds. The van der Waals surface area contributed by atoms with Gasteiger partial charge in [0.1, 0.15) is 5.69 Å². The lowest BCUT2D eigenvalue weighted by Crippen LogP contribution is -2.35. The van der Waals surface area contributed by atoms with E-state index in [1.807, 2.05) is 12.1 Å². The standard InChI is InChI=1S/C18H22ClN5O2/c1-2-3-4-10-23-15-14(21-17(19)22-15)16(25)24(18(23)26)11-6-8-13-7-5-9-20-12-13/h5,7,9,12,25H,2-4,6,8,10-11H2,1H3/p-1. The maximum Gasteiger partial charge on any atom is 0.329 e. The predicted molar refractivity (Wildman–Crippen MR) is 97.4 cm³/mol. The van der Waals surface area contributed by atoms with Gasteiger partial charge in [-0.2, -0.15) is 4.98 Å². The zero-order valence-electron chi connectivity index (χ0n) is 14.7. The van der Waals surface area contributed by atoms with Crippen LogP contribution in [0.4, 0.5) is 0 Å². The maximum absolute atomic E-state index is 12.9. The smallest absolute Gasteiger partial charge is 0.329 e. The Bertz CT molecular complexity index is 891. The molecular formula is C18H21ClN5O2-. The maximum atomic E-state index is 12.9. The highest BCUT2D eigenvalue weighted by atomic mass is 35.5. The van der Waals surface area contributed by atoms with E-state index in [0.29, 0.717) is 19.5 Å². The van der Waals surface area contributed by atoms with E-state index in [-0.39, 0.29) is 22.5 Å². The number of rotatable bonds is 8. The van der Waals surface area contributed by atoms with Crippen LogP contribution in [-0.4, -0.2) is 24.1 Å². The summed E-state index contributed by atoms with van der Waals surface area (Å²) in [4.78, 5) is 25.0. The zero-order chi connectivity index (χ0) is 18.5. The molecule has 0 saturated carbocycles. The van der Waals surface area contributed by atoms with Gasteiger partial charge in [-0.05, 0) is 48.4 Å². The minimum absolute atomic E-state index is 0.00569. The fraction of sp³-hybridized carbons (Fsp3) is 0.444. The molecule has 0 unspecified atom stereocenters. The number of hydrogen-bond acceptors (Lipinski definition) is 5. The average molecular weight is 375 g/mol. The molecule has 3 rings (SSSR count). The highest BCUT2D eigenvalue weighted by Crippen LogP contribution is 2.27. The number of imidazole rings is 1. The first-order valence-corrected chi connectivity index (χ1v) is 9.22. The molecule has 7 nitrogen and oxygen atoms in total. The molecule has 3 heterocycles. The Balaban J connectivity index is 1.88. The SMILES string of the molecule is CCCCCn1c2nc(Cl)nc-2c([O-])n(CCCc2cccnc2)c1=O. The molecule has 0 radical (unpaired) electrons. The van der Waals surface area contributed by atoms with Gasteiger partial charge in [0.2, 0.25) is 5.28 Å². The molecule has 0 spiro atoms. The first kappa shape index (κ1) is 18.4. The first-order valence-electron chi connectivity index (χ1n) is 8.84. The van der Waals surface area contributed by atoms with Crippen LogP contribution in [0, 0.1) is 0 Å². The third-order valence-corrected chi connectivity index (χ3v) is 4.50. The molecule has 0 atom stereocenters. The number of aromatic nitrogens is 5. The van der Waals surface area contributed by atoms with Gasteiger partial charge in [-0.25, -0.2) is 9.78 Å². The van der Waals surface area contributed by atoms with E-state index in [1.54, 1.807) is 12.4 Å². The number of hydrogen-bond donors (Lipinski definition) is 0. The van der Waals surface area contributed by atoms with Crippen LogP contribution in [0.3, 0.4) is 0 Å². The lowest BCUT2D eigenvalue weighted by Gasteiger charge is -2.22. The molecule has 0 bridgehead atoms. The highest BCUT2D eigenvalue weighted by molar-refractivity contribution is 6.28. The van der Waals surface area contributed by atoms with Crippen molar-refractivity contribution in [3.8, 4) is 17.4 Å². The molecule has 0 fully saturated rings. The summed E-state index contributed by atoms with van der Waals surface area (Å²) in [6.07, 6.45) is 7.77. The summed E-state index contributed by atoms with van der Waals surface area (Å²) in [6.45, 7) is 2.92. The van der Waals surface area contributed by atoms with Crippen molar-refractivity contribution in [2.24, 2.45) is 0 Å². The molecular weight excluding hydrogens is 354 g/mol.